The van der Waals surface area contributed by atoms with Crippen LogP contribution in [-0.2, 0) is 11.8 Å². The van der Waals surface area contributed by atoms with Crippen LogP contribution in [0.15, 0.2) is 48.5 Å². The third-order valence-corrected chi connectivity index (χ3v) is 4.53. The number of nitro benzene ring substituents is 1. The molecule has 0 bridgehead atoms. The van der Waals surface area contributed by atoms with Crippen molar-refractivity contribution in [1.82, 2.24) is 9.88 Å². The number of primary amides is 1. The number of aryl methyl sites for hydroxylation is 1. The van der Waals surface area contributed by atoms with Gasteiger partial charge in [0.1, 0.15) is 5.69 Å². The first-order chi connectivity index (χ1) is 14.3. The molecule has 1 aromatic heterocycles. The Kier molecular flexibility index (Phi) is 5.77. The summed E-state index contributed by atoms with van der Waals surface area (Å²) in [4.78, 5) is 45.8. The van der Waals surface area contributed by atoms with Gasteiger partial charge in [-0.2, -0.15) is 0 Å². The fourth-order valence-electron chi connectivity index (χ4n) is 2.97. The highest BCUT2D eigenvalue weighted by Gasteiger charge is 2.16. The van der Waals surface area contributed by atoms with Gasteiger partial charge >= 0.3 is 0 Å². The number of anilines is 1. The second-order valence-electron chi connectivity index (χ2n) is 6.59. The monoisotopic (exact) mass is 409 g/mol. The summed E-state index contributed by atoms with van der Waals surface area (Å²) in [6.45, 7) is 0.145. The van der Waals surface area contributed by atoms with Crippen molar-refractivity contribution in [2.45, 2.75) is 6.42 Å². The summed E-state index contributed by atoms with van der Waals surface area (Å²) < 4.78 is 1.65. The molecular weight excluding hydrogens is 390 g/mol. The molecule has 0 aliphatic rings. The topological polar surface area (TPSA) is 149 Å². The van der Waals surface area contributed by atoms with Gasteiger partial charge in [0.05, 0.1) is 4.92 Å². The Morgan fingerprint density at radius 3 is 2.40 bits per heavy atom. The zero-order valence-corrected chi connectivity index (χ0v) is 16.0. The van der Waals surface area contributed by atoms with Crippen LogP contribution in [0.5, 0.6) is 0 Å². The second kappa shape index (κ2) is 8.43. The summed E-state index contributed by atoms with van der Waals surface area (Å²) in [6.07, 6.45) is 0.0497. The third-order valence-electron chi connectivity index (χ3n) is 4.53. The molecule has 0 atom stereocenters. The number of hydrogen-bond donors (Lipinski definition) is 3. The highest BCUT2D eigenvalue weighted by molar-refractivity contribution is 6.06. The highest BCUT2D eigenvalue weighted by atomic mass is 16.6. The van der Waals surface area contributed by atoms with E-state index in [0.29, 0.717) is 27.8 Å². The molecule has 3 rings (SSSR count). The van der Waals surface area contributed by atoms with Gasteiger partial charge in [0.2, 0.25) is 5.91 Å². The fourth-order valence-corrected chi connectivity index (χ4v) is 2.97. The zero-order valence-electron chi connectivity index (χ0n) is 16.0. The average Bonchev–Trinajstić information content (AvgIpc) is 3.04. The summed E-state index contributed by atoms with van der Waals surface area (Å²) in [6, 6.07) is 12.2. The summed E-state index contributed by atoms with van der Waals surface area (Å²) >= 11 is 0. The number of nitrogens with zero attached hydrogens (tertiary/aromatic N) is 2. The number of non-ortho nitro benzene ring substituents is 1. The molecule has 0 radical (unpaired) electrons. The summed E-state index contributed by atoms with van der Waals surface area (Å²) in [5.74, 6) is -1.25. The van der Waals surface area contributed by atoms with Crippen LogP contribution in [0, 0.1) is 10.1 Å². The minimum absolute atomic E-state index is 0.0497. The summed E-state index contributed by atoms with van der Waals surface area (Å²) in [5, 5.41) is 16.8. The van der Waals surface area contributed by atoms with E-state index in [4.69, 9.17) is 5.73 Å². The largest absolute Gasteiger partial charge is 0.370 e. The Balaban J connectivity index is 1.71. The number of fused-ring (bicyclic) bond motifs is 1. The van der Waals surface area contributed by atoms with Crippen LogP contribution in [0.3, 0.4) is 0 Å². The number of nitrogens with one attached hydrogen (secondary N) is 2. The minimum atomic E-state index is -0.503. The third kappa shape index (κ3) is 4.43. The number of aromatic nitrogens is 1. The van der Waals surface area contributed by atoms with Crippen LogP contribution in [0.25, 0.3) is 10.9 Å². The van der Waals surface area contributed by atoms with Crippen LogP contribution >= 0.6 is 0 Å². The van der Waals surface area contributed by atoms with Gasteiger partial charge in [0.25, 0.3) is 17.5 Å². The maximum absolute atomic E-state index is 12.7. The van der Waals surface area contributed by atoms with Crippen molar-refractivity contribution in [2.75, 3.05) is 11.9 Å². The van der Waals surface area contributed by atoms with Gasteiger partial charge in [-0.25, -0.2) is 0 Å². The number of rotatable bonds is 7. The van der Waals surface area contributed by atoms with E-state index >= 15 is 0 Å². The van der Waals surface area contributed by atoms with E-state index in [0.717, 1.165) is 0 Å². The van der Waals surface area contributed by atoms with E-state index in [1.54, 1.807) is 48.0 Å². The number of nitro groups is 1. The molecule has 3 aromatic rings. The minimum Gasteiger partial charge on any atom is -0.370 e. The zero-order chi connectivity index (χ0) is 21.8. The van der Waals surface area contributed by atoms with Crippen LogP contribution in [0.4, 0.5) is 11.4 Å². The van der Waals surface area contributed by atoms with Crippen molar-refractivity contribution >= 4 is 40.0 Å². The predicted octanol–water partition coefficient (Wildman–Crippen LogP) is 1.94. The van der Waals surface area contributed by atoms with Crippen molar-refractivity contribution in [3.8, 4) is 0 Å². The van der Waals surface area contributed by atoms with Crippen LogP contribution in [-0.4, -0.2) is 33.8 Å². The number of carbonyl (C=O) groups is 3. The number of carbonyl (C=O) groups excluding carboxylic acids is 3. The molecule has 0 aliphatic heterocycles. The van der Waals surface area contributed by atoms with E-state index < -0.39 is 16.7 Å². The molecule has 0 spiro atoms. The maximum Gasteiger partial charge on any atom is 0.272 e. The van der Waals surface area contributed by atoms with Crippen molar-refractivity contribution in [3.63, 3.8) is 0 Å². The number of amides is 3. The van der Waals surface area contributed by atoms with Gasteiger partial charge in [-0.05, 0) is 36.4 Å². The Bertz CT molecular complexity index is 1150. The van der Waals surface area contributed by atoms with E-state index in [2.05, 4.69) is 10.6 Å². The predicted molar refractivity (Wildman–Crippen MR) is 110 cm³/mol. The van der Waals surface area contributed by atoms with Crippen molar-refractivity contribution in [3.05, 3.63) is 69.9 Å². The summed E-state index contributed by atoms with van der Waals surface area (Å²) in [5.41, 5.74) is 6.84. The normalized spacial score (nSPS) is 10.6. The maximum atomic E-state index is 12.7. The van der Waals surface area contributed by atoms with Crippen LogP contribution in [0.1, 0.15) is 27.3 Å². The first-order valence-electron chi connectivity index (χ1n) is 8.98. The van der Waals surface area contributed by atoms with Gasteiger partial charge in [0, 0.05) is 54.3 Å². The number of benzene rings is 2. The fraction of sp³-hybridized carbons (Fsp3) is 0.150. The first kappa shape index (κ1) is 20.5. The molecule has 0 unspecified atom stereocenters. The van der Waals surface area contributed by atoms with E-state index in [1.807, 2.05) is 0 Å². The van der Waals surface area contributed by atoms with Crippen molar-refractivity contribution in [1.29, 1.82) is 0 Å². The molecule has 154 valence electrons. The lowest BCUT2D eigenvalue weighted by Gasteiger charge is -2.08. The number of hydrogen-bond acceptors (Lipinski definition) is 5. The van der Waals surface area contributed by atoms with Crippen molar-refractivity contribution < 1.29 is 19.3 Å². The molecule has 0 saturated heterocycles. The molecule has 0 aliphatic carbocycles. The Morgan fingerprint density at radius 1 is 1.07 bits per heavy atom. The molecule has 10 nitrogen and oxygen atoms in total. The van der Waals surface area contributed by atoms with Crippen molar-refractivity contribution in [2.24, 2.45) is 12.8 Å². The van der Waals surface area contributed by atoms with Crippen LogP contribution in [0.2, 0.25) is 0 Å². The first-order valence-corrected chi connectivity index (χ1v) is 8.98. The molecule has 0 fully saturated rings. The molecule has 0 saturated carbocycles. The standard InChI is InChI=1S/C20H19N5O5/c1-24-16-7-6-15(25(29)30)10-13(16)11-17(24)20(28)23-14-4-2-12(3-5-14)19(27)22-9-8-18(21)26/h2-7,10-11H,8-9H2,1H3,(H2,21,26)(H,22,27)(H,23,28). The van der Waals surface area contributed by atoms with E-state index in [1.165, 1.54) is 12.1 Å². The lowest BCUT2D eigenvalue weighted by molar-refractivity contribution is -0.384. The van der Waals surface area contributed by atoms with Gasteiger partial charge in [-0.3, -0.25) is 24.5 Å². The SMILES string of the molecule is Cn1c(C(=O)Nc2ccc(C(=O)NCCC(N)=O)cc2)cc2cc([N+](=O)[O-])ccc21. The average molecular weight is 409 g/mol. The molecule has 4 N–H and O–H groups in total. The molecule has 10 heteroatoms. The molecule has 3 amide bonds. The van der Waals surface area contributed by atoms with Gasteiger partial charge < -0.3 is 20.9 Å². The quantitative estimate of drug-likeness (QED) is 0.403. The van der Waals surface area contributed by atoms with Crippen LogP contribution < -0.4 is 16.4 Å². The lowest BCUT2D eigenvalue weighted by atomic mass is 10.2. The smallest absolute Gasteiger partial charge is 0.272 e. The molecular formula is C20H19N5O5. The van der Waals surface area contributed by atoms with E-state index in [-0.39, 0.29) is 24.6 Å². The second-order valence-corrected chi connectivity index (χ2v) is 6.59. The summed E-state index contributed by atoms with van der Waals surface area (Å²) in [7, 11) is 1.70. The molecule has 2 aromatic carbocycles. The molecule has 1 heterocycles. The van der Waals surface area contributed by atoms with Gasteiger partial charge in [0.15, 0.2) is 0 Å². The Morgan fingerprint density at radius 2 is 1.77 bits per heavy atom. The van der Waals surface area contributed by atoms with E-state index in [9.17, 15) is 24.5 Å². The van der Waals surface area contributed by atoms with Gasteiger partial charge in [-0.1, -0.05) is 0 Å². The lowest BCUT2D eigenvalue weighted by Crippen LogP contribution is -2.27. The Hall–Kier alpha value is -4.21. The highest BCUT2D eigenvalue weighted by Crippen LogP contribution is 2.24. The van der Waals surface area contributed by atoms with Gasteiger partial charge in [-0.15, -0.1) is 0 Å². The number of nitrogens with two attached hydrogens (primary N) is 1. The molecule has 30 heavy (non-hydrogen) atoms. The Labute approximate surface area is 170 Å².